The van der Waals surface area contributed by atoms with Gasteiger partial charge >= 0.3 is 0 Å². The Bertz CT molecular complexity index is 787. The van der Waals surface area contributed by atoms with Crippen LogP contribution >= 0.6 is 23.8 Å². The summed E-state index contributed by atoms with van der Waals surface area (Å²) in [5.41, 5.74) is 1.76. The van der Waals surface area contributed by atoms with Crippen molar-refractivity contribution in [3.63, 3.8) is 0 Å². The van der Waals surface area contributed by atoms with Crippen molar-refractivity contribution < 1.29 is 9.18 Å². The van der Waals surface area contributed by atoms with Crippen molar-refractivity contribution in [1.29, 1.82) is 0 Å². The average Bonchev–Trinajstić information content (AvgIpc) is 2.55. The Morgan fingerprint density at radius 2 is 1.74 bits per heavy atom. The number of thiocarbonyl (C=S) groups is 1. The minimum Gasteiger partial charge on any atom is -0.351 e. The van der Waals surface area contributed by atoms with Crippen LogP contribution < -0.4 is 10.6 Å². The quantitative estimate of drug-likeness (QED) is 0.656. The molecule has 1 aliphatic rings. The highest BCUT2D eigenvalue weighted by molar-refractivity contribution is 7.80. The van der Waals surface area contributed by atoms with Gasteiger partial charge in [0.1, 0.15) is 5.82 Å². The van der Waals surface area contributed by atoms with E-state index in [2.05, 4.69) is 10.6 Å². The number of ketones is 1. The van der Waals surface area contributed by atoms with Crippen molar-refractivity contribution in [2.75, 3.05) is 0 Å². The molecule has 1 heterocycles. The molecule has 0 saturated carbocycles. The first kappa shape index (κ1) is 15.6. The SMILES string of the molecule is O=C(C1=CNC(=S)NC1c1ccc(F)cc1)c1ccc(Cl)cc1. The van der Waals surface area contributed by atoms with Crippen LogP contribution in [-0.4, -0.2) is 10.9 Å². The van der Waals surface area contributed by atoms with E-state index in [9.17, 15) is 9.18 Å². The molecule has 116 valence electrons. The number of halogens is 2. The molecular weight excluding hydrogens is 335 g/mol. The third kappa shape index (κ3) is 3.41. The van der Waals surface area contributed by atoms with E-state index < -0.39 is 6.04 Å². The lowest BCUT2D eigenvalue weighted by Gasteiger charge is -2.27. The van der Waals surface area contributed by atoms with Crippen LogP contribution in [0.3, 0.4) is 0 Å². The molecule has 0 amide bonds. The van der Waals surface area contributed by atoms with Crippen molar-refractivity contribution in [2.24, 2.45) is 0 Å². The minimum atomic E-state index is -0.437. The molecule has 23 heavy (non-hydrogen) atoms. The van der Waals surface area contributed by atoms with Gasteiger partial charge in [-0.1, -0.05) is 23.7 Å². The predicted molar refractivity (Wildman–Crippen MR) is 91.9 cm³/mol. The summed E-state index contributed by atoms with van der Waals surface area (Å²) in [5, 5.41) is 6.86. The van der Waals surface area contributed by atoms with Gasteiger partial charge in [-0.3, -0.25) is 4.79 Å². The Morgan fingerprint density at radius 1 is 1.09 bits per heavy atom. The first-order valence-electron chi connectivity index (χ1n) is 6.87. The van der Waals surface area contributed by atoms with Crippen LogP contribution in [0.25, 0.3) is 0 Å². The number of rotatable bonds is 3. The van der Waals surface area contributed by atoms with E-state index in [4.69, 9.17) is 23.8 Å². The lowest BCUT2D eigenvalue weighted by molar-refractivity contribution is 0.102. The van der Waals surface area contributed by atoms with Crippen LogP contribution in [0.1, 0.15) is 22.0 Å². The molecule has 3 nitrogen and oxygen atoms in total. The summed E-state index contributed by atoms with van der Waals surface area (Å²) in [4.78, 5) is 12.8. The van der Waals surface area contributed by atoms with Crippen molar-refractivity contribution in [3.8, 4) is 0 Å². The summed E-state index contributed by atoms with van der Waals surface area (Å²) in [6, 6.07) is 12.2. The fourth-order valence-electron chi connectivity index (χ4n) is 2.36. The molecule has 2 aromatic carbocycles. The molecule has 6 heteroatoms. The molecule has 2 aromatic rings. The molecule has 0 aliphatic carbocycles. The van der Waals surface area contributed by atoms with Crippen molar-refractivity contribution in [3.05, 3.63) is 82.3 Å². The van der Waals surface area contributed by atoms with Crippen LogP contribution in [0.5, 0.6) is 0 Å². The molecule has 0 saturated heterocycles. The highest BCUT2D eigenvalue weighted by atomic mass is 35.5. The van der Waals surface area contributed by atoms with E-state index in [0.29, 0.717) is 21.3 Å². The largest absolute Gasteiger partial charge is 0.351 e. The maximum Gasteiger partial charge on any atom is 0.192 e. The third-order valence-corrected chi connectivity index (χ3v) is 4.00. The Labute approximate surface area is 143 Å². The van der Waals surface area contributed by atoms with E-state index in [0.717, 1.165) is 5.56 Å². The second kappa shape index (κ2) is 6.48. The molecule has 0 bridgehead atoms. The summed E-state index contributed by atoms with van der Waals surface area (Å²) in [7, 11) is 0. The van der Waals surface area contributed by atoms with E-state index in [1.807, 2.05) is 0 Å². The topological polar surface area (TPSA) is 41.1 Å². The van der Waals surface area contributed by atoms with Gasteiger partial charge in [-0.2, -0.15) is 0 Å². The molecule has 2 N–H and O–H groups in total. The summed E-state index contributed by atoms with van der Waals surface area (Å²) in [5.74, 6) is -0.488. The first-order chi connectivity index (χ1) is 11.0. The minimum absolute atomic E-state index is 0.154. The summed E-state index contributed by atoms with van der Waals surface area (Å²) < 4.78 is 13.1. The smallest absolute Gasteiger partial charge is 0.192 e. The standard InChI is InChI=1S/C17H12ClFN2OS/c18-12-5-1-11(2-6-12)16(22)14-9-20-17(23)21-15(14)10-3-7-13(19)8-4-10/h1-9,15H,(H2,20,21,23). The van der Waals surface area contributed by atoms with E-state index >= 15 is 0 Å². The summed E-state index contributed by atoms with van der Waals surface area (Å²) in [6.07, 6.45) is 1.59. The van der Waals surface area contributed by atoms with Gasteiger partial charge in [0.05, 0.1) is 6.04 Å². The normalized spacial score (nSPS) is 17.0. The van der Waals surface area contributed by atoms with Crippen molar-refractivity contribution in [1.82, 2.24) is 10.6 Å². The second-order valence-electron chi connectivity index (χ2n) is 5.04. The van der Waals surface area contributed by atoms with E-state index in [1.54, 1.807) is 42.6 Å². The van der Waals surface area contributed by atoms with Crippen LogP contribution in [0.4, 0.5) is 4.39 Å². The maximum absolute atomic E-state index is 13.1. The molecular formula is C17H12ClFN2OS. The predicted octanol–water partition coefficient (Wildman–Crippen LogP) is 3.76. The van der Waals surface area contributed by atoms with Gasteiger partial charge in [-0.25, -0.2) is 4.39 Å². The molecule has 0 radical (unpaired) electrons. The van der Waals surface area contributed by atoms with Crippen molar-refractivity contribution >= 4 is 34.7 Å². The Kier molecular flexibility index (Phi) is 4.41. The monoisotopic (exact) mass is 346 g/mol. The van der Waals surface area contributed by atoms with Crippen molar-refractivity contribution in [2.45, 2.75) is 6.04 Å². The lowest BCUT2D eigenvalue weighted by atomic mass is 9.92. The number of Topliss-reactive ketones (excluding diaryl/α,β-unsaturated/α-hetero) is 1. The molecule has 1 unspecified atom stereocenters. The number of hydrogen-bond donors (Lipinski definition) is 2. The molecule has 1 atom stereocenters. The average molecular weight is 347 g/mol. The number of benzene rings is 2. The zero-order valence-corrected chi connectivity index (χ0v) is 13.4. The zero-order valence-electron chi connectivity index (χ0n) is 11.8. The van der Waals surface area contributed by atoms with Crippen LogP contribution in [0, 0.1) is 5.82 Å². The molecule has 3 rings (SSSR count). The number of nitrogens with one attached hydrogen (secondary N) is 2. The number of hydrogen-bond acceptors (Lipinski definition) is 2. The summed E-state index contributed by atoms with van der Waals surface area (Å²) >= 11 is 11.0. The van der Waals surface area contributed by atoms with E-state index in [-0.39, 0.29) is 11.6 Å². The summed E-state index contributed by atoms with van der Waals surface area (Å²) in [6.45, 7) is 0. The fraction of sp³-hybridized carbons (Fsp3) is 0.0588. The molecule has 0 spiro atoms. The third-order valence-electron chi connectivity index (χ3n) is 3.52. The van der Waals surface area contributed by atoms with Gasteiger partial charge in [0.25, 0.3) is 0 Å². The van der Waals surface area contributed by atoms with Crippen LogP contribution in [0.15, 0.2) is 60.3 Å². The first-order valence-corrected chi connectivity index (χ1v) is 7.66. The van der Waals surface area contributed by atoms with Gasteiger partial charge in [-0.15, -0.1) is 0 Å². The number of carbonyl (C=O) groups excluding carboxylic acids is 1. The molecule has 1 aliphatic heterocycles. The fourth-order valence-corrected chi connectivity index (χ4v) is 2.66. The van der Waals surface area contributed by atoms with Gasteiger partial charge in [-0.05, 0) is 54.2 Å². The highest BCUT2D eigenvalue weighted by Crippen LogP contribution is 2.27. The molecule has 0 aromatic heterocycles. The highest BCUT2D eigenvalue weighted by Gasteiger charge is 2.27. The Morgan fingerprint density at radius 3 is 2.39 bits per heavy atom. The van der Waals surface area contributed by atoms with Gasteiger partial charge < -0.3 is 10.6 Å². The zero-order chi connectivity index (χ0) is 16.4. The molecule has 0 fully saturated rings. The second-order valence-corrected chi connectivity index (χ2v) is 5.88. The van der Waals surface area contributed by atoms with Crippen LogP contribution in [-0.2, 0) is 0 Å². The lowest BCUT2D eigenvalue weighted by Crippen LogP contribution is -2.42. The van der Waals surface area contributed by atoms with Gasteiger partial charge in [0, 0.05) is 22.4 Å². The Hall–Kier alpha value is -2.24. The Balaban J connectivity index is 1.97. The maximum atomic E-state index is 13.1. The number of carbonyl (C=O) groups is 1. The van der Waals surface area contributed by atoms with Crippen LogP contribution in [0.2, 0.25) is 5.02 Å². The van der Waals surface area contributed by atoms with Gasteiger partial charge in [0.15, 0.2) is 10.9 Å². The van der Waals surface area contributed by atoms with E-state index in [1.165, 1.54) is 12.1 Å². The van der Waals surface area contributed by atoms with Gasteiger partial charge in [0.2, 0.25) is 0 Å².